The van der Waals surface area contributed by atoms with Gasteiger partial charge in [-0.2, -0.15) is 26.3 Å². The summed E-state index contributed by atoms with van der Waals surface area (Å²) < 4.78 is 82.3. The lowest BCUT2D eigenvalue weighted by atomic mass is 10.0. The topological polar surface area (TPSA) is 114 Å². The lowest BCUT2D eigenvalue weighted by Gasteiger charge is -2.33. The van der Waals surface area contributed by atoms with Crippen LogP contribution in [0.25, 0.3) is 0 Å². The van der Waals surface area contributed by atoms with Crippen LogP contribution in [-0.4, -0.2) is 68.9 Å². The molecule has 4 N–H and O–H groups in total. The maximum absolute atomic E-state index is 14.0. The molecular weight excluding hydrogens is 640 g/mol. The predicted octanol–water partition coefficient (Wildman–Crippen LogP) is 6.69. The number of rotatable bonds is 8. The van der Waals surface area contributed by atoms with Crippen molar-refractivity contribution in [2.45, 2.75) is 25.8 Å². The summed E-state index contributed by atoms with van der Waals surface area (Å²) in [6.45, 7) is 4.65. The first-order valence-electron chi connectivity index (χ1n) is 13.9. The van der Waals surface area contributed by atoms with E-state index in [0.717, 1.165) is 37.5 Å². The molecule has 0 radical (unpaired) electrons. The highest BCUT2D eigenvalue weighted by Crippen LogP contribution is 2.39. The Morgan fingerprint density at radius 3 is 2.28 bits per heavy atom. The van der Waals surface area contributed by atoms with Crippen molar-refractivity contribution in [2.24, 2.45) is 0 Å². The second kappa shape index (κ2) is 13.1. The largest absolute Gasteiger partial charge is 0.418 e. The van der Waals surface area contributed by atoms with Gasteiger partial charge >= 0.3 is 12.4 Å². The van der Waals surface area contributed by atoms with Crippen molar-refractivity contribution in [3.05, 3.63) is 81.9 Å². The Labute approximate surface area is 264 Å². The summed E-state index contributed by atoms with van der Waals surface area (Å²) in [5, 5.41) is 7.56. The molecule has 0 aliphatic carbocycles. The highest BCUT2D eigenvalue weighted by Gasteiger charge is 2.36. The first-order chi connectivity index (χ1) is 21.7. The number of H-pyrrole nitrogens is 1. The lowest BCUT2D eigenvalue weighted by molar-refractivity contribution is -0.138. The SMILES string of the molecule is Cc1nc(Nc2ccc(CN3CCN(C)CC3)c(C(F)(F)F)c2)cc(Nc2ncc(C(=O)Nc3c(Cl)cccc3C(F)(F)F)[nH]2)n1. The summed E-state index contributed by atoms with van der Waals surface area (Å²) in [6, 6.07) is 8.57. The number of aromatic nitrogens is 4. The molecular formula is C29H28ClF6N9O. The van der Waals surface area contributed by atoms with Crippen LogP contribution < -0.4 is 16.0 Å². The van der Waals surface area contributed by atoms with E-state index >= 15 is 0 Å². The first kappa shape index (κ1) is 33.0. The van der Waals surface area contributed by atoms with Crippen LogP contribution in [-0.2, 0) is 18.9 Å². The molecule has 1 saturated heterocycles. The van der Waals surface area contributed by atoms with E-state index in [0.29, 0.717) is 13.1 Å². The second-order valence-corrected chi connectivity index (χ2v) is 11.1. The number of nitrogens with zero attached hydrogens (tertiary/aromatic N) is 5. The number of likely N-dealkylation sites (N-methyl/N-ethyl adjacent to an activating group) is 1. The fourth-order valence-corrected chi connectivity index (χ4v) is 5.06. The Bertz CT molecular complexity index is 1720. The molecule has 0 saturated carbocycles. The molecule has 5 rings (SSSR count). The number of carbonyl (C=O) groups excluding carboxylic acids is 1. The normalized spacial score (nSPS) is 14.7. The van der Waals surface area contributed by atoms with Gasteiger partial charge in [0.25, 0.3) is 5.91 Å². The van der Waals surface area contributed by atoms with Gasteiger partial charge in [-0.3, -0.25) is 9.69 Å². The molecule has 2 aromatic carbocycles. The minimum Gasteiger partial charge on any atom is -0.340 e. The van der Waals surface area contributed by atoms with Crippen LogP contribution in [0.3, 0.4) is 0 Å². The number of halogens is 7. The van der Waals surface area contributed by atoms with Gasteiger partial charge in [-0.25, -0.2) is 15.0 Å². The van der Waals surface area contributed by atoms with Crippen molar-refractivity contribution in [1.29, 1.82) is 0 Å². The summed E-state index contributed by atoms with van der Waals surface area (Å²) >= 11 is 5.92. The fourth-order valence-electron chi connectivity index (χ4n) is 4.84. The first-order valence-corrected chi connectivity index (χ1v) is 14.3. The van der Waals surface area contributed by atoms with Gasteiger partial charge in [0.2, 0.25) is 5.95 Å². The number of benzene rings is 2. The van der Waals surface area contributed by atoms with Crippen LogP contribution in [0.2, 0.25) is 5.02 Å². The van der Waals surface area contributed by atoms with E-state index in [9.17, 15) is 31.1 Å². The average Bonchev–Trinajstić information content (AvgIpc) is 3.43. The molecule has 0 unspecified atom stereocenters. The van der Waals surface area contributed by atoms with Gasteiger partial charge in [0, 0.05) is 44.5 Å². The third-order valence-corrected chi connectivity index (χ3v) is 7.45. The van der Waals surface area contributed by atoms with Crippen molar-refractivity contribution < 1.29 is 31.1 Å². The molecule has 0 spiro atoms. The van der Waals surface area contributed by atoms with E-state index < -0.39 is 35.1 Å². The number of hydrogen-bond donors (Lipinski definition) is 4. The number of hydrogen-bond acceptors (Lipinski definition) is 8. The number of anilines is 5. The molecule has 3 heterocycles. The van der Waals surface area contributed by atoms with Gasteiger partial charge in [-0.1, -0.05) is 23.7 Å². The highest BCUT2D eigenvalue weighted by atomic mass is 35.5. The van der Waals surface area contributed by atoms with Gasteiger partial charge in [0.05, 0.1) is 28.0 Å². The molecule has 1 aliphatic rings. The van der Waals surface area contributed by atoms with Crippen LogP contribution >= 0.6 is 11.6 Å². The molecule has 1 amide bonds. The fraction of sp³-hybridized carbons (Fsp3) is 0.310. The average molecular weight is 668 g/mol. The third kappa shape index (κ3) is 8.05. The van der Waals surface area contributed by atoms with Gasteiger partial charge in [0.15, 0.2) is 0 Å². The number of imidazole rings is 1. The zero-order chi connectivity index (χ0) is 33.2. The Hall–Kier alpha value is -4.41. The summed E-state index contributed by atoms with van der Waals surface area (Å²) in [6.07, 6.45) is -8.24. The Morgan fingerprint density at radius 1 is 0.935 bits per heavy atom. The molecule has 244 valence electrons. The Balaban J connectivity index is 1.30. The second-order valence-electron chi connectivity index (χ2n) is 10.6. The number of carbonyl (C=O) groups is 1. The van der Waals surface area contributed by atoms with Gasteiger partial charge < -0.3 is 25.8 Å². The van der Waals surface area contributed by atoms with Crippen LogP contribution in [0.15, 0.2) is 48.7 Å². The molecule has 0 bridgehead atoms. The van der Waals surface area contributed by atoms with Crippen LogP contribution in [0.4, 0.5) is 55.3 Å². The zero-order valence-corrected chi connectivity index (χ0v) is 25.2. The van der Waals surface area contributed by atoms with E-state index in [1.807, 2.05) is 11.9 Å². The van der Waals surface area contributed by atoms with Crippen molar-refractivity contribution in [1.82, 2.24) is 29.7 Å². The van der Waals surface area contributed by atoms with Crippen LogP contribution in [0.5, 0.6) is 0 Å². The van der Waals surface area contributed by atoms with Crippen molar-refractivity contribution >= 4 is 46.5 Å². The van der Waals surface area contributed by atoms with E-state index in [1.54, 1.807) is 13.0 Å². The van der Waals surface area contributed by atoms with E-state index in [-0.39, 0.29) is 51.9 Å². The summed E-state index contributed by atoms with van der Waals surface area (Å²) in [5.74, 6) is -0.311. The number of nitrogens with one attached hydrogen (secondary N) is 4. The number of alkyl halides is 6. The van der Waals surface area contributed by atoms with E-state index in [1.165, 1.54) is 18.2 Å². The maximum atomic E-state index is 14.0. The molecule has 17 heteroatoms. The smallest absolute Gasteiger partial charge is 0.340 e. The van der Waals surface area contributed by atoms with Gasteiger partial charge in [0.1, 0.15) is 23.2 Å². The minimum atomic E-state index is -4.76. The standard InChI is InChI=1S/C29H28ClF6N9O/c1-16-38-23(40-18-7-6-17(20(12-18)29(34,35)36)15-45-10-8-44(2)9-11-45)13-24(39-16)42-27-37-14-22(41-27)26(46)43-25-19(28(31,32)33)4-3-5-21(25)30/h3-7,12-14H,8-11,15H2,1-2H3,(H,43,46)(H3,37,38,39,40,41,42). The number of piperazine rings is 1. The Kier molecular flexibility index (Phi) is 9.42. The molecule has 4 aromatic rings. The predicted molar refractivity (Wildman–Crippen MR) is 161 cm³/mol. The molecule has 0 atom stereocenters. The van der Waals surface area contributed by atoms with Crippen molar-refractivity contribution in [2.75, 3.05) is 49.2 Å². The van der Waals surface area contributed by atoms with Gasteiger partial charge in [-0.05, 0) is 43.8 Å². The minimum absolute atomic E-state index is 0.0111. The van der Waals surface area contributed by atoms with E-state index in [2.05, 4.69) is 40.8 Å². The summed E-state index contributed by atoms with van der Waals surface area (Å²) in [5.41, 5.74) is -2.32. The number of aryl methyl sites for hydroxylation is 1. The number of amides is 1. The Morgan fingerprint density at radius 2 is 1.61 bits per heavy atom. The van der Waals surface area contributed by atoms with Crippen molar-refractivity contribution in [3.63, 3.8) is 0 Å². The van der Waals surface area contributed by atoms with E-state index in [4.69, 9.17) is 11.6 Å². The van der Waals surface area contributed by atoms with Crippen LogP contribution in [0, 0.1) is 6.92 Å². The quantitative estimate of drug-likeness (QED) is 0.154. The van der Waals surface area contributed by atoms with Gasteiger partial charge in [-0.15, -0.1) is 0 Å². The van der Waals surface area contributed by atoms with Crippen molar-refractivity contribution in [3.8, 4) is 0 Å². The van der Waals surface area contributed by atoms with Crippen LogP contribution in [0.1, 0.15) is 33.0 Å². The number of para-hydroxylation sites is 1. The molecule has 1 aliphatic heterocycles. The maximum Gasteiger partial charge on any atom is 0.418 e. The lowest BCUT2D eigenvalue weighted by Crippen LogP contribution is -2.44. The molecule has 1 fully saturated rings. The third-order valence-electron chi connectivity index (χ3n) is 7.14. The summed E-state index contributed by atoms with van der Waals surface area (Å²) in [4.78, 5) is 32.0. The summed E-state index contributed by atoms with van der Waals surface area (Å²) in [7, 11) is 1.97. The number of aromatic amines is 1. The molecule has 10 nitrogen and oxygen atoms in total. The monoisotopic (exact) mass is 667 g/mol. The zero-order valence-electron chi connectivity index (χ0n) is 24.4. The highest BCUT2D eigenvalue weighted by molar-refractivity contribution is 6.34. The molecule has 46 heavy (non-hydrogen) atoms. The molecule has 2 aromatic heterocycles.